The highest BCUT2D eigenvalue weighted by Crippen LogP contribution is 2.23. The standard InChI is InChI=1S/C17H20O2.2C7H6O2/c18-16(14-8-3-1-4-9-14)12-7-13-17(19)15-10-5-2-6-11-15;2*8-7(9)6-4-2-1-3-5-6/h1-6,8-11,16-19H,7,12-13H2;2*1-5H,(H,8,9). The minimum Gasteiger partial charge on any atom is -0.478 e. The summed E-state index contributed by atoms with van der Waals surface area (Å²) in [5.74, 6) is -1.76. The van der Waals surface area contributed by atoms with Gasteiger partial charge in [0.05, 0.1) is 23.3 Å². The van der Waals surface area contributed by atoms with E-state index < -0.39 is 24.1 Å². The van der Waals surface area contributed by atoms with Gasteiger partial charge in [0.25, 0.3) is 0 Å². The Hall–Kier alpha value is -4.26. The number of carboxylic acid groups (broad SMARTS) is 2. The van der Waals surface area contributed by atoms with E-state index in [0.717, 1.165) is 17.5 Å². The summed E-state index contributed by atoms with van der Waals surface area (Å²) in [5.41, 5.74) is 2.54. The van der Waals surface area contributed by atoms with Gasteiger partial charge >= 0.3 is 11.9 Å². The highest BCUT2D eigenvalue weighted by Gasteiger charge is 2.10. The van der Waals surface area contributed by atoms with E-state index in [-0.39, 0.29) is 0 Å². The molecule has 4 aromatic carbocycles. The summed E-state index contributed by atoms with van der Waals surface area (Å²) >= 11 is 0. The maximum Gasteiger partial charge on any atom is 0.335 e. The highest BCUT2D eigenvalue weighted by molar-refractivity contribution is 5.87. The maximum absolute atomic E-state index is 10.2. The van der Waals surface area contributed by atoms with E-state index in [1.54, 1.807) is 60.7 Å². The van der Waals surface area contributed by atoms with Crippen LogP contribution in [0.4, 0.5) is 0 Å². The summed E-state index contributed by atoms with van der Waals surface area (Å²) < 4.78 is 0. The largest absolute Gasteiger partial charge is 0.478 e. The van der Waals surface area contributed by atoms with Crippen molar-refractivity contribution in [1.82, 2.24) is 0 Å². The summed E-state index contributed by atoms with van der Waals surface area (Å²) in [6, 6.07) is 35.9. The van der Waals surface area contributed by atoms with Gasteiger partial charge in [-0.2, -0.15) is 0 Å². The zero-order chi connectivity index (χ0) is 26.9. The van der Waals surface area contributed by atoms with E-state index >= 15 is 0 Å². The van der Waals surface area contributed by atoms with Gasteiger partial charge in [0, 0.05) is 0 Å². The summed E-state index contributed by atoms with van der Waals surface area (Å²) in [6.07, 6.45) is 1.27. The van der Waals surface area contributed by atoms with Crippen molar-refractivity contribution in [3.05, 3.63) is 144 Å². The lowest BCUT2D eigenvalue weighted by molar-refractivity contribution is 0.0686. The molecule has 0 amide bonds. The van der Waals surface area contributed by atoms with Crippen molar-refractivity contribution in [2.45, 2.75) is 31.5 Å². The smallest absolute Gasteiger partial charge is 0.335 e. The molecule has 0 radical (unpaired) electrons. The molecule has 0 saturated carbocycles. The maximum atomic E-state index is 10.2. The van der Waals surface area contributed by atoms with E-state index in [0.29, 0.717) is 24.0 Å². The fraction of sp³-hybridized carbons (Fsp3) is 0.161. The van der Waals surface area contributed by atoms with Crippen LogP contribution < -0.4 is 0 Å². The molecule has 4 aromatic rings. The first-order valence-corrected chi connectivity index (χ1v) is 11.9. The molecule has 0 aliphatic carbocycles. The molecule has 0 aromatic heterocycles. The Morgan fingerprint density at radius 1 is 0.486 bits per heavy atom. The number of hydrogen-bond acceptors (Lipinski definition) is 4. The molecule has 37 heavy (non-hydrogen) atoms. The fourth-order valence-corrected chi connectivity index (χ4v) is 3.35. The Balaban J connectivity index is 0.000000222. The third kappa shape index (κ3) is 11.3. The van der Waals surface area contributed by atoms with Crippen molar-refractivity contribution < 1.29 is 30.0 Å². The van der Waals surface area contributed by atoms with Gasteiger partial charge in [-0.15, -0.1) is 0 Å². The summed E-state index contributed by atoms with van der Waals surface area (Å²) in [4.78, 5) is 20.4. The fourth-order valence-electron chi connectivity index (χ4n) is 3.35. The minimum atomic E-state index is -0.879. The lowest BCUT2D eigenvalue weighted by atomic mass is 10.00. The van der Waals surface area contributed by atoms with Gasteiger partial charge in [0.1, 0.15) is 0 Å². The molecule has 192 valence electrons. The predicted octanol–water partition coefficient (Wildman–Crippen LogP) is 6.39. The van der Waals surface area contributed by atoms with Crippen LogP contribution in [-0.2, 0) is 0 Å². The molecule has 0 bridgehead atoms. The van der Waals surface area contributed by atoms with Gasteiger partial charge in [-0.05, 0) is 54.7 Å². The second kappa shape index (κ2) is 16.4. The second-order valence-corrected chi connectivity index (χ2v) is 8.13. The predicted molar refractivity (Wildman–Crippen MR) is 143 cm³/mol. The zero-order valence-electron chi connectivity index (χ0n) is 20.4. The van der Waals surface area contributed by atoms with Gasteiger partial charge < -0.3 is 20.4 Å². The molecular formula is C31H32O6. The van der Waals surface area contributed by atoms with Crippen LogP contribution in [0.5, 0.6) is 0 Å². The third-order valence-corrected chi connectivity index (χ3v) is 5.37. The van der Waals surface area contributed by atoms with Gasteiger partial charge in [0.15, 0.2) is 0 Å². The molecule has 4 rings (SSSR count). The molecule has 2 unspecified atom stereocenters. The number of carbonyl (C=O) groups is 2. The Kier molecular flexibility index (Phi) is 12.9. The average Bonchev–Trinajstić information content (AvgIpc) is 2.95. The van der Waals surface area contributed by atoms with Crippen molar-refractivity contribution in [2.75, 3.05) is 0 Å². The molecule has 0 aliphatic rings. The van der Waals surface area contributed by atoms with Crippen molar-refractivity contribution in [3.8, 4) is 0 Å². The molecule has 0 spiro atoms. The van der Waals surface area contributed by atoms with Gasteiger partial charge in [-0.1, -0.05) is 97.1 Å². The lowest BCUT2D eigenvalue weighted by Crippen LogP contribution is -2.01. The van der Waals surface area contributed by atoms with Crippen LogP contribution in [0.3, 0.4) is 0 Å². The Morgan fingerprint density at radius 2 is 0.757 bits per heavy atom. The van der Waals surface area contributed by atoms with E-state index in [1.165, 1.54) is 0 Å². The number of aromatic carboxylic acids is 2. The molecule has 0 aliphatic heterocycles. The molecule has 0 fully saturated rings. The van der Waals surface area contributed by atoms with Crippen molar-refractivity contribution >= 4 is 11.9 Å². The molecule has 0 heterocycles. The van der Waals surface area contributed by atoms with Gasteiger partial charge in [-0.25, -0.2) is 9.59 Å². The monoisotopic (exact) mass is 500 g/mol. The molecule has 6 heteroatoms. The van der Waals surface area contributed by atoms with Crippen LogP contribution in [0.1, 0.15) is 63.3 Å². The van der Waals surface area contributed by atoms with E-state index in [9.17, 15) is 19.8 Å². The normalized spacial score (nSPS) is 11.5. The van der Waals surface area contributed by atoms with Crippen LogP contribution in [0, 0.1) is 0 Å². The van der Waals surface area contributed by atoms with Crippen LogP contribution in [0.2, 0.25) is 0 Å². The first kappa shape index (κ1) is 29.0. The summed E-state index contributed by atoms with van der Waals surface area (Å²) in [7, 11) is 0. The number of carboxylic acids is 2. The van der Waals surface area contributed by atoms with Crippen molar-refractivity contribution in [3.63, 3.8) is 0 Å². The summed E-state index contributed by atoms with van der Waals surface area (Å²) in [5, 5.41) is 36.8. The van der Waals surface area contributed by atoms with Gasteiger partial charge in [0.2, 0.25) is 0 Å². The van der Waals surface area contributed by atoms with E-state index in [1.807, 2.05) is 60.7 Å². The number of hydrogen-bond donors (Lipinski definition) is 4. The molecule has 2 atom stereocenters. The van der Waals surface area contributed by atoms with E-state index in [2.05, 4.69) is 0 Å². The summed E-state index contributed by atoms with van der Waals surface area (Å²) in [6.45, 7) is 0. The molecule has 0 saturated heterocycles. The quantitative estimate of drug-likeness (QED) is 0.223. The van der Waals surface area contributed by atoms with Crippen LogP contribution >= 0.6 is 0 Å². The third-order valence-electron chi connectivity index (χ3n) is 5.37. The van der Waals surface area contributed by atoms with Crippen LogP contribution in [-0.4, -0.2) is 32.4 Å². The molecule has 4 N–H and O–H groups in total. The van der Waals surface area contributed by atoms with Crippen molar-refractivity contribution in [1.29, 1.82) is 0 Å². The lowest BCUT2D eigenvalue weighted by Gasteiger charge is -2.13. The first-order chi connectivity index (χ1) is 17.9. The van der Waals surface area contributed by atoms with E-state index in [4.69, 9.17) is 10.2 Å². The minimum absolute atomic E-state index is 0.331. The average molecular weight is 501 g/mol. The van der Waals surface area contributed by atoms with Crippen molar-refractivity contribution in [2.24, 2.45) is 0 Å². The number of aliphatic hydroxyl groups is 2. The zero-order valence-corrected chi connectivity index (χ0v) is 20.4. The SMILES string of the molecule is O=C(O)c1ccccc1.O=C(O)c1ccccc1.OC(CCCC(O)c1ccccc1)c1ccccc1. The van der Waals surface area contributed by atoms with Gasteiger partial charge in [-0.3, -0.25) is 0 Å². The number of rotatable bonds is 8. The number of benzene rings is 4. The number of aliphatic hydroxyl groups excluding tert-OH is 2. The van der Waals surface area contributed by atoms with Crippen LogP contribution in [0.25, 0.3) is 0 Å². The Labute approximate surface area is 217 Å². The highest BCUT2D eigenvalue weighted by atomic mass is 16.4. The topological polar surface area (TPSA) is 115 Å². The Bertz CT molecular complexity index is 1070. The first-order valence-electron chi connectivity index (χ1n) is 11.9. The molecule has 6 nitrogen and oxygen atoms in total. The van der Waals surface area contributed by atoms with Crippen LogP contribution in [0.15, 0.2) is 121 Å². The Morgan fingerprint density at radius 3 is 1.00 bits per heavy atom. The molecular weight excluding hydrogens is 468 g/mol. The second-order valence-electron chi connectivity index (χ2n) is 8.13.